The maximum absolute atomic E-state index is 5.34. The standard InChI is InChI=1S/C44H28N4/c1-2-12-35(13-3-1)47-25-24-34-27-42-38(28-41(34)47)36-14-7-9-17-40(36)48(42)44-45-39-16-8-6-15-37(39)43(46-44)31-21-18-30(19-22-31)33-23-20-29-10-4-5-11-32(29)26-33/h1-28H. The van der Waals surface area contributed by atoms with Crippen molar-refractivity contribution in [3.8, 4) is 34.0 Å². The summed E-state index contributed by atoms with van der Waals surface area (Å²) in [6.07, 6.45) is 2.15. The number of para-hydroxylation sites is 3. The van der Waals surface area contributed by atoms with Gasteiger partial charge in [0.25, 0.3) is 0 Å². The van der Waals surface area contributed by atoms with Gasteiger partial charge in [-0.15, -0.1) is 0 Å². The summed E-state index contributed by atoms with van der Waals surface area (Å²) in [6.45, 7) is 0. The highest BCUT2D eigenvalue weighted by molar-refractivity contribution is 6.13. The first-order valence-electron chi connectivity index (χ1n) is 16.2. The molecule has 0 aliphatic rings. The van der Waals surface area contributed by atoms with Crippen LogP contribution in [0.2, 0.25) is 0 Å². The van der Waals surface area contributed by atoms with Gasteiger partial charge in [0.15, 0.2) is 0 Å². The van der Waals surface area contributed by atoms with Crippen LogP contribution < -0.4 is 0 Å². The maximum atomic E-state index is 5.34. The van der Waals surface area contributed by atoms with Gasteiger partial charge in [0.1, 0.15) is 0 Å². The molecule has 0 fully saturated rings. The van der Waals surface area contributed by atoms with Crippen molar-refractivity contribution in [2.45, 2.75) is 0 Å². The summed E-state index contributed by atoms with van der Waals surface area (Å²) in [6, 6.07) is 58.1. The van der Waals surface area contributed by atoms with E-state index >= 15 is 0 Å². The molecule has 3 aromatic heterocycles. The monoisotopic (exact) mass is 612 g/mol. The summed E-state index contributed by atoms with van der Waals surface area (Å²) in [7, 11) is 0. The molecule has 7 aromatic carbocycles. The van der Waals surface area contributed by atoms with Crippen molar-refractivity contribution in [1.82, 2.24) is 19.1 Å². The van der Waals surface area contributed by atoms with Gasteiger partial charge in [-0.1, -0.05) is 115 Å². The number of aromatic nitrogens is 4. The van der Waals surface area contributed by atoms with Gasteiger partial charge in [-0.25, -0.2) is 9.97 Å². The zero-order valence-corrected chi connectivity index (χ0v) is 26.0. The molecule has 0 N–H and O–H groups in total. The van der Waals surface area contributed by atoms with Gasteiger partial charge in [-0.3, -0.25) is 4.57 Å². The minimum absolute atomic E-state index is 0.662. The second-order valence-electron chi connectivity index (χ2n) is 12.3. The molecule has 0 bridgehead atoms. The number of hydrogen-bond donors (Lipinski definition) is 0. The Morgan fingerprint density at radius 2 is 1.10 bits per heavy atom. The van der Waals surface area contributed by atoms with Gasteiger partial charge < -0.3 is 4.57 Å². The molecule has 0 atom stereocenters. The van der Waals surface area contributed by atoms with Crippen molar-refractivity contribution < 1.29 is 0 Å². The van der Waals surface area contributed by atoms with Crippen molar-refractivity contribution in [3.05, 3.63) is 170 Å². The van der Waals surface area contributed by atoms with Crippen LogP contribution in [0.4, 0.5) is 0 Å². The van der Waals surface area contributed by atoms with Crippen LogP contribution in [0.1, 0.15) is 0 Å². The van der Waals surface area contributed by atoms with Crippen LogP contribution in [0.3, 0.4) is 0 Å². The van der Waals surface area contributed by atoms with E-state index in [1.807, 2.05) is 6.07 Å². The van der Waals surface area contributed by atoms with Crippen LogP contribution in [-0.2, 0) is 0 Å². The Labute approximate surface area is 276 Å². The fourth-order valence-electron chi connectivity index (χ4n) is 7.20. The van der Waals surface area contributed by atoms with Gasteiger partial charge in [0, 0.05) is 39.0 Å². The number of hydrogen-bond acceptors (Lipinski definition) is 2. The van der Waals surface area contributed by atoms with Crippen molar-refractivity contribution in [3.63, 3.8) is 0 Å². The fraction of sp³-hybridized carbons (Fsp3) is 0. The predicted octanol–water partition coefficient (Wildman–Crippen LogP) is 11.2. The van der Waals surface area contributed by atoms with Gasteiger partial charge in [-0.05, 0) is 70.4 Å². The first kappa shape index (κ1) is 26.7. The second kappa shape index (κ2) is 10.5. The topological polar surface area (TPSA) is 35.6 Å². The molecule has 224 valence electrons. The quantitative estimate of drug-likeness (QED) is 0.198. The molecule has 0 aliphatic heterocycles. The molecule has 0 radical (unpaired) electrons. The summed E-state index contributed by atoms with van der Waals surface area (Å²) >= 11 is 0. The average molecular weight is 613 g/mol. The average Bonchev–Trinajstić information content (AvgIpc) is 3.72. The van der Waals surface area contributed by atoms with E-state index in [1.165, 1.54) is 43.6 Å². The number of benzene rings is 7. The smallest absolute Gasteiger partial charge is 0.235 e. The zero-order chi connectivity index (χ0) is 31.6. The van der Waals surface area contributed by atoms with E-state index in [4.69, 9.17) is 9.97 Å². The summed E-state index contributed by atoms with van der Waals surface area (Å²) in [4.78, 5) is 10.5. The Bertz CT molecular complexity index is 2820. The van der Waals surface area contributed by atoms with Gasteiger partial charge in [-0.2, -0.15) is 0 Å². The lowest BCUT2D eigenvalue weighted by molar-refractivity contribution is 1.01. The highest BCUT2D eigenvalue weighted by Gasteiger charge is 2.19. The van der Waals surface area contributed by atoms with E-state index < -0.39 is 0 Å². The first-order chi connectivity index (χ1) is 23.8. The van der Waals surface area contributed by atoms with Gasteiger partial charge in [0.05, 0.1) is 27.8 Å². The van der Waals surface area contributed by atoms with E-state index in [-0.39, 0.29) is 0 Å². The van der Waals surface area contributed by atoms with Crippen LogP contribution in [-0.4, -0.2) is 19.1 Å². The van der Waals surface area contributed by atoms with Crippen LogP contribution in [0.25, 0.3) is 88.4 Å². The molecule has 48 heavy (non-hydrogen) atoms. The Hall–Kier alpha value is -6.52. The van der Waals surface area contributed by atoms with E-state index in [9.17, 15) is 0 Å². The molecule has 10 aromatic rings. The van der Waals surface area contributed by atoms with Crippen LogP contribution >= 0.6 is 0 Å². The predicted molar refractivity (Wildman–Crippen MR) is 199 cm³/mol. The van der Waals surface area contributed by atoms with Crippen LogP contribution in [0, 0.1) is 0 Å². The number of fused-ring (bicyclic) bond motifs is 6. The van der Waals surface area contributed by atoms with Crippen molar-refractivity contribution >= 4 is 54.4 Å². The van der Waals surface area contributed by atoms with E-state index in [1.54, 1.807) is 0 Å². The summed E-state index contributed by atoms with van der Waals surface area (Å²) in [5.41, 5.74) is 9.75. The third-order valence-corrected chi connectivity index (χ3v) is 9.55. The Morgan fingerprint density at radius 3 is 1.98 bits per heavy atom. The number of rotatable bonds is 4. The molecule has 4 nitrogen and oxygen atoms in total. The van der Waals surface area contributed by atoms with Gasteiger partial charge in [0.2, 0.25) is 5.95 Å². The van der Waals surface area contributed by atoms with E-state index in [0.29, 0.717) is 5.95 Å². The van der Waals surface area contributed by atoms with Crippen molar-refractivity contribution in [2.75, 3.05) is 0 Å². The number of nitrogens with zero attached hydrogens (tertiary/aromatic N) is 4. The molecule has 10 rings (SSSR count). The molecular weight excluding hydrogens is 585 g/mol. The molecular formula is C44H28N4. The highest BCUT2D eigenvalue weighted by atomic mass is 15.2. The van der Waals surface area contributed by atoms with Crippen LogP contribution in [0.5, 0.6) is 0 Å². The largest absolute Gasteiger partial charge is 0.317 e. The molecule has 3 heterocycles. The highest BCUT2D eigenvalue weighted by Crippen LogP contribution is 2.37. The lowest BCUT2D eigenvalue weighted by atomic mass is 9.99. The molecule has 0 unspecified atom stereocenters. The summed E-state index contributed by atoms with van der Waals surface area (Å²) < 4.78 is 4.48. The Balaban J connectivity index is 1.16. The lowest BCUT2D eigenvalue weighted by Crippen LogP contribution is -2.03. The summed E-state index contributed by atoms with van der Waals surface area (Å²) in [5, 5.41) is 7.03. The molecule has 4 heteroatoms. The molecule has 0 spiro atoms. The van der Waals surface area contributed by atoms with E-state index in [0.717, 1.165) is 38.9 Å². The second-order valence-corrected chi connectivity index (χ2v) is 12.3. The zero-order valence-electron chi connectivity index (χ0n) is 26.0. The first-order valence-corrected chi connectivity index (χ1v) is 16.2. The maximum Gasteiger partial charge on any atom is 0.235 e. The van der Waals surface area contributed by atoms with Crippen LogP contribution in [0.15, 0.2) is 170 Å². The minimum Gasteiger partial charge on any atom is -0.317 e. The summed E-state index contributed by atoms with van der Waals surface area (Å²) in [5.74, 6) is 0.662. The van der Waals surface area contributed by atoms with Crippen molar-refractivity contribution in [2.24, 2.45) is 0 Å². The molecule has 0 saturated carbocycles. The minimum atomic E-state index is 0.662. The van der Waals surface area contributed by atoms with E-state index in [2.05, 4.69) is 173 Å². The molecule has 0 aliphatic carbocycles. The van der Waals surface area contributed by atoms with Crippen molar-refractivity contribution in [1.29, 1.82) is 0 Å². The Kier molecular flexibility index (Phi) is 5.84. The fourth-order valence-corrected chi connectivity index (χ4v) is 7.20. The Morgan fingerprint density at radius 1 is 0.396 bits per heavy atom. The SMILES string of the molecule is c1ccc(-n2ccc3cc4c(cc32)c2ccccc2n4-c2nc(-c3ccc(-c4ccc5ccccc5c4)cc3)c3ccccc3n2)cc1. The van der Waals surface area contributed by atoms with Gasteiger partial charge >= 0.3 is 0 Å². The third kappa shape index (κ3) is 4.16. The third-order valence-electron chi connectivity index (χ3n) is 9.55. The molecule has 0 amide bonds. The normalized spacial score (nSPS) is 11.8. The lowest BCUT2D eigenvalue weighted by Gasteiger charge is -2.12. The molecule has 0 saturated heterocycles.